The molecule has 1 unspecified atom stereocenters. The van der Waals surface area contributed by atoms with Crippen LogP contribution in [0.1, 0.15) is 12.0 Å². The van der Waals surface area contributed by atoms with Crippen LogP contribution in [0.25, 0.3) is 0 Å². The standard InChI is InChI=1S/C20H29N3O4/c1-26-18-4-2-16(3-5-18)6-7-21-20(25)17-14-19(24)23(15-17)9-8-22-10-12-27-13-11-22/h2-5,17H,6-15H2,1H3,(H,21,25). The molecule has 0 saturated carbocycles. The zero-order chi connectivity index (χ0) is 19.1. The van der Waals surface area contributed by atoms with E-state index in [1.807, 2.05) is 29.2 Å². The number of carbonyl (C=O) groups is 2. The molecule has 1 atom stereocenters. The zero-order valence-electron chi connectivity index (χ0n) is 16.0. The fraction of sp³-hybridized carbons (Fsp3) is 0.600. The second-order valence-corrected chi connectivity index (χ2v) is 7.08. The van der Waals surface area contributed by atoms with Crippen LogP contribution in [0.2, 0.25) is 0 Å². The Hall–Kier alpha value is -2.12. The molecule has 148 valence electrons. The van der Waals surface area contributed by atoms with Gasteiger partial charge in [-0.3, -0.25) is 14.5 Å². The predicted octanol–water partition coefficient (Wildman–Crippen LogP) is 0.535. The summed E-state index contributed by atoms with van der Waals surface area (Å²) in [6.45, 7) is 5.98. The lowest BCUT2D eigenvalue weighted by Crippen LogP contribution is -2.42. The Morgan fingerprint density at radius 3 is 2.67 bits per heavy atom. The van der Waals surface area contributed by atoms with Gasteiger partial charge >= 0.3 is 0 Å². The van der Waals surface area contributed by atoms with Crippen LogP contribution < -0.4 is 10.1 Å². The second kappa shape index (κ2) is 9.71. The highest BCUT2D eigenvalue weighted by Gasteiger charge is 2.34. The predicted molar refractivity (Wildman–Crippen MR) is 102 cm³/mol. The molecule has 2 amide bonds. The molecule has 0 aliphatic carbocycles. The Labute approximate surface area is 160 Å². The van der Waals surface area contributed by atoms with E-state index in [0.29, 0.717) is 26.1 Å². The van der Waals surface area contributed by atoms with Crippen molar-refractivity contribution in [2.24, 2.45) is 5.92 Å². The molecule has 3 rings (SSSR count). The summed E-state index contributed by atoms with van der Waals surface area (Å²) in [7, 11) is 1.64. The molecule has 0 aromatic heterocycles. The Bertz CT molecular complexity index is 629. The number of rotatable bonds is 8. The highest BCUT2D eigenvalue weighted by molar-refractivity contribution is 5.89. The average Bonchev–Trinajstić information content (AvgIpc) is 3.08. The van der Waals surface area contributed by atoms with Crippen molar-refractivity contribution >= 4 is 11.8 Å². The fourth-order valence-corrected chi connectivity index (χ4v) is 3.52. The van der Waals surface area contributed by atoms with Crippen LogP contribution in [-0.4, -0.2) is 81.2 Å². The number of morpholine rings is 1. The summed E-state index contributed by atoms with van der Waals surface area (Å²) < 4.78 is 10.5. The largest absolute Gasteiger partial charge is 0.497 e. The zero-order valence-corrected chi connectivity index (χ0v) is 16.0. The molecule has 2 aliphatic heterocycles. The van der Waals surface area contributed by atoms with Crippen molar-refractivity contribution in [1.82, 2.24) is 15.1 Å². The van der Waals surface area contributed by atoms with Gasteiger partial charge in [-0.05, 0) is 24.1 Å². The molecule has 0 bridgehead atoms. The summed E-state index contributed by atoms with van der Waals surface area (Å²) in [6.07, 6.45) is 1.08. The Morgan fingerprint density at radius 2 is 1.96 bits per heavy atom. The number of likely N-dealkylation sites (tertiary alicyclic amines) is 1. The molecule has 2 fully saturated rings. The topological polar surface area (TPSA) is 71.1 Å². The Balaban J connectivity index is 1.37. The van der Waals surface area contributed by atoms with Crippen molar-refractivity contribution in [3.63, 3.8) is 0 Å². The number of methoxy groups -OCH3 is 1. The van der Waals surface area contributed by atoms with Gasteiger partial charge in [0.25, 0.3) is 0 Å². The van der Waals surface area contributed by atoms with Crippen molar-refractivity contribution in [1.29, 1.82) is 0 Å². The van der Waals surface area contributed by atoms with Gasteiger partial charge in [-0.2, -0.15) is 0 Å². The summed E-state index contributed by atoms with van der Waals surface area (Å²) in [4.78, 5) is 28.7. The summed E-state index contributed by atoms with van der Waals surface area (Å²) in [5.74, 6) is 0.645. The van der Waals surface area contributed by atoms with Crippen LogP contribution in [0.5, 0.6) is 5.75 Å². The third-order valence-electron chi connectivity index (χ3n) is 5.25. The number of amides is 2. The molecule has 1 aromatic rings. The van der Waals surface area contributed by atoms with Gasteiger partial charge in [0.1, 0.15) is 5.75 Å². The third-order valence-corrected chi connectivity index (χ3v) is 5.25. The number of nitrogens with one attached hydrogen (secondary N) is 1. The van der Waals surface area contributed by atoms with Gasteiger partial charge in [0.2, 0.25) is 11.8 Å². The van der Waals surface area contributed by atoms with E-state index >= 15 is 0 Å². The van der Waals surface area contributed by atoms with Gasteiger partial charge < -0.3 is 19.7 Å². The van der Waals surface area contributed by atoms with Gasteiger partial charge in [0.15, 0.2) is 0 Å². The first-order chi connectivity index (χ1) is 13.2. The molecule has 2 aliphatic rings. The lowest BCUT2D eigenvalue weighted by Gasteiger charge is -2.28. The summed E-state index contributed by atoms with van der Waals surface area (Å²) >= 11 is 0. The van der Waals surface area contributed by atoms with Crippen LogP contribution in [0, 0.1) is 5.92 Å². The maximum Gasteiger partial charge on any atom is 0.225 e. The van der Waals surface area contributed by atoms with Crippen molar-refractivity contribution in [2.75, 3.05) is 59.6 Å². The number of hydrogen-bond donors (Lipinski definition) is 1. The van der Waals surface area contributed by atoms with Crippen LogP contribution in [0.15, 0.2) is 24.3 Å². The van der Waals surface area contributed by atoms with Crippen molar-refractivity contribution in [2.45, 2.75) is 12.8 Å². The molecule has 0 radical (unpaired) electrons. The highest BCUT2D eigenvalue weighted by Crippen LogP contribution is 2.18. The molecule has 1 N–H and O–H groups in total. The number of hydrogen-bond acceptors (Lipinski definition) is 5. The van der Waals surface area contributed by atoms with Crippen LogP contribution in [0.4, 0.5) is 0 Å². The number of ether oxygens (including phenoxy) is 2. The van der Waals surface area contributed by atoms with Gasteiger partial charge in [-0.1, -0.05) is 12.1 Å². The van der Waals surface area contributed by atoms with E-state index < -0.39 is 0 Å². The SMILES string of the molecule is COc1ccc(CCNC(=O)C2CC(=O)N(CCN3CCOCC3)C2)cc1. The lowest BCUT2D eigenvalue weighted by atomic mass is 10.1. The molecule has 0 spiro atoms. The van der Waals surface area contributed by atoms with Crippen molar-refractivity contribution < 1.29 is 19.1 Å². The first-order valence-corrected chi connectivity index (χ1v) is 9.64. The normalized spacial score (nSPS) is 20.7. The first kappa shape index (κ1) is 19.6. The third kappa shape index (κ3) is 5.68. The van der Waals surface area contributed by atoms with E-state index in [0.717, 1.165) is 50.6 Å². The van der Waals surface area contributed by atoms with Gasteiger partial charge in [-0.25, -0.2) is 0 Å². The van der Waals surface area contributed by atoms with Crippen molar-refractivity contribution in [3.05, 3.63) is 29.8 Å². The van der Waals surface area contributed by atoms with E-state index in [1.165, 1.54) is 0 Å². The van der Waals surface area contributed by atoms with Gasteiger partial charge in [-0.15, -0.1) is 0 Å². The lowest BCUT2D eigenvalue weighted by molar-refractivity contribution is -0.129. The van der Waals surface area contributed by atoms with E-state index in [4.69, 9.17) is 9.47 Å². The van der Waals surface area contributed by atoms with Gasteiger partial charge in [0, 0.05) is 45.7 Å². The minimum atomic E-state index is -0.238. The minimum absolute atomic E-state index is 0.0225. The van der Waals surface area contributed by atoms with E-state index in [-0.39, 0.29) is 17.7 Å². The Morgan fingerprint density at radius 1 is 1.22 bits per heavy atom. The summed E-state index contributed by atoms with van der Waals surface area (Å²) in [5.41, 5.74) is 1.14. The molecule has 27 heavy (non-hydrogen) atoms. The molecule has 2 saturated heterocycles. The molecule has 1 aromatic carbocycles. The molecule has 2 heterocycles. The summed E-state index contributed by atoms with van der Waals surface area (Å²) in [5, 5.41) is 2.97. The fourth-order valence-electron chi connectivity index (χ4n) is 3.52. The quantitative estimate of drug-likeness (QED) is 0.718. The van der Waals surface area contributed by atoms with Crippen LogP contribution in [0.3, 0.4) is 0 Å². The second-order valence-electron chi connectivity index (χ2n) is 7.08. The first-order valence-electron chi connectivity index (χ1n) is 9.64. The Kier molecular flexibility index (Phi) is 7.06. The molecular weight excluding hydrogens is 346 g/mol. The average molecular weight is 375 g/mol. The number of benzene rings is 1. The van der Waals surface area contributed by atoms with E-state index in [2.05, 4.69) is 10.2 Å². The van der Waals surface area contributed by atoms with Crippen LogP contribution >= 0.6 is 0 Å². The number of carbonyl (C=O) groups excluding carboxylic acids is 2. The van der Waals surface area contributed by atoms with Crippen LogP contribution in [-0.2, 0) is 20.7 Å². The number of nitrogens with zero attached hydrogens (tertiary/aromatic N) is 2. The van der Waals surface area contributed by atoms with E-state index in [9.17, 15) is 9.59 Å². The van der Waals surface area contributed by atoms with E-state index in [1.54, 1.807) is 7.11 Å². The molecular formula is C20H29N3O4. The smallest absolute Gasteiger partial charge is 0.225 e. The van der Waals surface area contributed by atoms with Crippen molar-refractivity contribution in [3.8, 4) is 5.75 Å². The molecule has 7 heteroatoms. The summed E-state index contributed by atoms with van der Waals surface area (Å²) in [6, 6.07) is 7.83. The minimum Gasteiger partial charge on any atom is -0.497 e. The van der Waals surface area contributed by atoms with Gasteiger partial charge in [0.05, 0.1) is 26.2 Å². The molecule has 7 nitrogen and oxygen atoms in total. The highest BCUT2D eigenvalue weighted by atomic mass is 16.5. The maximum absolute atomic E-state index is 12.4. The monoisotopic (exact) mass is 375 g/mol. The maximum atomic E-state index is 12.4.